The van der Waals surface area contributed by atoms with Gasteiger partial charge in [0.05, 0.1) is 40.4 Å². The van der Waals surface area contributed by atoms with Crippen molar-refractivity contribution in [3.63, 3.8) is 0 Å². The van der Waals surface area contributed by atoms with Crippen LogP contribution in [0, 0.1) is 5.82 Å². The third kappa shape index (κ3) is 5.11. The van der Waals surface area contributed by atoms with E-state index in [0.717, 1.165) is 67.7 Å². The van der Waals surface area contributed by atoms with Gasteiger partial charge in [-0.2, -0.15) is 0 Å². The Kier molecular flexibility index (Phi) is 6.61. The van der Waals surface area contributed by atoms with Crippen molar-refractivity contribution in [1.82, 2.24) is 20.2 Å². The fourth-order valence-corrected chi connectivity index (χ4v) is 3.93. The average molecular weight is 428 g/mol. The maximum Gasteiger partial charge on any atom is 0.206 e. The number of nitrogens with zero attached hydrogens (tertiary/aromatic N) is 5. The zero-order valence-corrected chi connectivity index (χ0v) is 17.9. The van der Waals surface area contributed by atoms with Crippen LogP contribution in [0.3, 0.4) is 0 Å². The minimum absolute atomic E-state index is 0.201. The van der Waals surface area contributed by atoms with Crippen molar-refractivity contribution in [1.29, 1.82) is 0 Å². The highest BCUT2D eigenvalue weighted by molar-refractivity contribution is 5.46. The highest BCUT2D eigenvalue weighted by Crippen LogP contribution is 2.27. The second-order valence-electron chi connectivity index (χ2n) is 7.65. The van der Waals surface area contributed by atoms with Gasteiger partial charge in [-0.25, -0.2) is 9.07 Å². The Morgan fingerprint density at radius 2 is 1.74 bits per heavy atom. The molecule has 4 rings (SSSR count). The molecule has 0 atom stereocenters. The molecule has 1 N–H and O–H groups in total. The number of methoxy groups -OCH3 is 2. The number of quaternary nitrogens is 1. The van der Waals surface area contributed by atoms with E-state index in [1.54, 1.807) is 14.2 Å². The van der Waals surface area contributed by atoms with Gasteiger partial charge in [0.15, 0.2) is 11.5 Å². The summed E-state index contributed by atoms with van der Waals surface area (Å²) in [5, 5.41) is 12.3. The van der Waals surface area contributed by atoms with E-state index in [0.29, 0.717) is 6.54 Å². The van der Waals surface area contributed by atoms with E-state index in [1.165, 1.54) is 17.0 Å². The number of nitrogens with one attached hydrogen (secondary N) is 1. The summed E-state index contributed by atoms with van der Waals surface area (Å²) in [6, 6.07) is 12.7. The van der Waals surface area contributed by atoms with Crippen molar-refractivity contribution in [2.75, 3.05) is 45.3 Å². The molecule has 0 bridgehead atoms. The lowest BCUT2D eigenvalue weighted by molar-refractivity contribution is -0.915. The Bertz CT molecular complexity index is 986. The van der Waals surface area contributed by atoms with Gasteiger partial charge in [-0.1, -0.05) is 6.07 Å². The number of benzene rings is 2. The van der Waals surface area contributed by atoms with Gasteiger partial charge in [-0.05, 0) is 58.8 Å². The average Bonchev–Trinajstić information content (AvgIpc) is 3.25. The summed E-state index contributed by atoms with van der Waals surface area (Å²) < 4.78 is 25.7. The molecule has 0 saturated carbocycles. The van der Waals surface area contributed by atoms with Crippen LogP contribution in [-0.4, -0.2) is 60.6 Å². The van der Waals surface area contributed by atoms with Gasteiger partial charge in [-0.15, -0.1) is 5.10 Å². The zero-order chi connectivity index (χ0) is 21.6. The normalized spacial score (nSPS) is 14.6. The van der Waals surface area contributed by atoms with E-state index >= 15 is 0 Å². The second kappa shape index (κ2) is 9.74. The van der Waals surface area contributed by atoms with Gasteiger partial charge in [0, 0.05) is 12.2 Å². The predicted molar refractivity (Wildman–Crippen MR) is 114 cm³/mol. The summed E-state index contributed by atoms with van der Waals surface area (Å²) in [7, 11) is 3.27. The Balaban J connectivity index is 1.31. The van der Waals surface area contributed by atoms with Gasteiger partial charge in [-0.3, -0.25) is 0 Å². The van der Waals surface area contributed by atoms with E-state index in [4.69, 9.17) is 9.47 Å². The number of aryl methyl sites for hydroxylation is 2. The molecular formula is C22H28FN6O2+. The zero-order valence-electron chi connectivity index (χ0n) is 17.9. The lowest BCUT2D eigenvalue weighted by Gasteiger charge is -2.33. The number of ether oxygens (including phenoxy) is 2. The Hall–Kier alpha value is -3.20. The summed E-state index contributed by atoms with van der Waals surface area (Å²) in [6.07, 6.45) is 0.798. The van der Waals surface area contributed by atoms with Crippen molar-refractivity contribution < 1.29 is 18.8 Å². The highest BCUT2D eigenvalue weighted by Gasteiger charge is 2.22. The molecule has 1 aliphatic heterocycles. The first-order valence-corrected chi connectivity index (χ1v) is 10.5. The van der Waals surface area contributed by atoms with Crippen molar-refractivity contribution in [2.24, 2.45) is 0 Å². The van der Waals surface area contributed by atoms with Crippen LogP contribution in [0.2, 0.25) is 0 Å². The topological polar surface area (TPSA) is 69.7 Å². The van der Waals surface area contributed by atoms with Crippen molar-refractivity contribution >= 4 is 5.69 Å². The summed E-state index contributed by atoms with van der Waals surface area (Å²) in [4.78, 5) is 3.74. The van der Waals surface area contributed by atoms with Gasteiger partial charge in [0.1, 0.15) is 12.4 Å². The van der Waals surface area contributed by atoms with Crippen LogP contribution in [-0.2, 0) is 19.5 Å². The summed E-state index contributed by atoms with van der Waals surface area (Å²) in [5.74, 6) is 2.14. The number of halogens is 1. The van der Waals surface area contributed by atoms with Crippen LogP contribution in [0.25, 0.3) is 0 Å². The summed E-state index contributed by atoms with van der Waals surface area (Å²) >= 11 is 0. The predicted octanol–water partition coefficient (Wildman–Crippen LogP) is 0.977. The van der Waals surface area contributed by atoms with Crippen LogP contribution < -0.4 is 19.3 Å². The molecule has 2 aromatic carbocycles. The number of piperazine rings is 1. The number of hydrogen-bond acceptors (Lipinski definition) is 6. The maximum atomic E-state index is 13.2. The molecule has 1 aliphatic rings. The molecule has 1 fully saturated rings. The second-order valence-corrected chi connectivity index (χ2v) is 7.65. The SMILES string of the molecule is COc1ccc(CCn2nnnc2C[NH+]2CCN(c3ccc(F)cc3)CC2)cc1OC. The molecule has 0 unspecified atom stereocenters. The Morgan fingerprint density at radius 1 is 1.00 bits per heavy atom. The van der Waals surface area contributed by atoms with Crippen LogP contribution >= 0.6 is 0 Å². The molecule has 8 nitrogen and oxygen atoms in total. The molecule has 164 valence electrons. The third-order valence-corrected chi connectivity index (χ3v) is 5.74. The van der Waals surface area contributed by atoms with Crippen LogP contribution in [0.5, 0.6) is 11.5 Å². The maximum absolute atomic E-state index is 13.2. The number of hydrogen-bond donors (Lipinski definition) is 1. The van der Waals surface area contributed by atoms with E-state index in [1.807, 2.05) is 35.0 Å². The molecular weight excluding hydrogens is 399 g/mol. The van der Waals surface area contributed by atoms with E-state index < -0.39 is 0 Å². The van der Waals surface area contributed by atoms with Gasteiger partial charge >= 0.3 is 0 Å². The Morgan fingerprint density at radius 3 is 2.45 bits per heavy atom. The lowest BCUT2D eigenvalue weighted by atomic mass is 10.1. The lowest BCUT2D eigenvalue weighted by Crippen LogP contribution is -3.13. The van der Waals surface area contributed by atoms with Crippen LogP contribution in [0.4, 0.5) is 10.1 Å². The van der Waals surface area contributed by atoms with Gasteiger partial charge in [0.25, 0.3) is 0 Å². The van der Waals surface area contributed by atoms with E-state index in [-0.39, 0.29) is 5.82 Å². The first-order chi connectivity index (χ1) is 15.2. The molecule has 0 spiro atoms. The quantitative estimate of drug-likeness (QED) is 0.578. The number of aromatic nitrogens is 4. The van der Waals surface area contributed by atoms with Crippen molar-refractivity contribution in [3.05, 3.63) is 59.7 Å². The summed E-state index contributed by atoms with van der Waals surface area (Å²) in [5.41, 5.74) is 2.21. The fourth-order valence-electron chi connectivity index (χ4n) is 3.93. The number of rotatable bonds is 8. The summed E-state index contributed by atoms with van der Waals surface area (Å²) in [6.45, 7) is 5.31. The first-order valence-electron chi connectivity index (χ1n) is 10.5. The molecule has 0 aliphatic carbocycles. The number of anilines is 1. The van der Waals surface area contributed by atoms with Crippen molar-refractivity contribution in [2.45, 2.75) is 19.5 Å². The minimum Gasteiger partial charge on any atom is -0.493 e. The Labute approximate surface area is 181 Å². The minimum atomic E-state index is -0.201. The molecule has 1 saturated heterocycles. The molecule has 2 heterocycles. The van der Waals surface area contributed by atoms with E-state index in [2.05, 4.69) is 20.4 Å². The monoisotopic (exact) mass is 427 g/mol. The third-order valence-electron chi connectivity index (χ3n) is 5.74. The van der Waals surface area contributed by atoms with Gasteiger partial charge in [0.2, 0.25) is 5.82 Å². The smallest absolute Gasteiger partial charge is 0.206 e. The number of tetrazole rings is 1. The van der Waals surface area contributed by atoms with Crippen molar-refractivity contribution in [3.8, 4) is 11.5 Å². The molecule has 0 radical (unpaired) electrons. The molecule has 1 aromatic heterocycles. The van der Waals surface area contributed by atoms with Crippen LogP contribution in [0.15, 0.2) is 42.5 Å². The van der Waals surface area contributed by atoms with E-state index in [9.17, 15) is 4.39 Å². The fraction of sp³-hybridized carbons (Fsp3) is 0.409. The molecule has 0 amide bonds. The highest BCUT2D eigenvalue weighted by atomic mass is 19.1. The molecule has 31 heavy (non-hydrogen) atoms. The standard InChI is InChI=1S/C22H27FN6O2/c1-30-20-8-3-17(15-21(20)31-2)9-10-29-22(24-25-26-29)16-27-11-13-28(14-12-27)19-6-4-18(23)5-7-19/h3-8,15H,9-14,16H2,1-2H3/p+1. The van der Waals surface area contributed by atoms with Crippen LogP contribution in [0.1, 0.15) is 11.4 Å². The van der Waals surface area contributed by atoms with Gasteiger partial charge < -0.3 is 19.3 Å². The largest absolute Gasteiger partial charge is 0.493 e. The molecule has 9 heteroatoms. The molecule has 3 aromatic rings. The first kappa shape index (κ1) is 21.0.